The van der Waals surface area contributed by atoms with Gasteiger partial charge in [0.2, 0.25) is 0 Å². The van der Waals surface area contributed by atoms with E-state index in [1.54, 1.807) is 0 Å². The van der Waals surface area contributed by atoms with Crippen LogP contribution in [0.25, 0.3) is 0 Å². The molecule has 1 rings (SSSR count). The molecule has 1 heteroatoms. The highest BCUT2D eigenvalue weighted by atomic mass is 14.3. The maximum atomic E-state index is 8.45. The minimum atomic E-state index is 0.583. The van der Waals surface area contributed by atoms with Gasteiger partial charge in [0.25, 0.3) is 0 Å². The van der Waals surface area contributed by atoms with Crippen molar-refractivity contribution in [1.82, 2.24) is 0 Å². The second kappa shape index (κ2) is 2.17. The Hall–Kier alpha value is -0.510. The highest BCUT2D eigenvalue weighted by molar-refractivity contribution is 5.16. The lowest BCUT2D eigenvalue weighted by molar-refractivity contribution is 0.667. The van der Waals surface area contributed by atoms with Crippen molar-refractivity contribution < 1.29 is 0 Å². The molecule has 1 aliphatic rings. The summed E-state index contributed by atoms with van der Waals surface area (Å²) in [7, 11) is 0. The van der Waals surface area contributed by atoms with E-state index in [2.05, 4.69) is 13.0 Å². The van der Waals surface area contributed by atoms with Gasteiger partial charge in [-0.15, -0.1) is 0 Å². The van der Waals surface area contributed by atoms with E-state index in [9.17, 15) is 0 Å². The Balaban J connectivity index is 2.45. The van der Waals surface area contributed by atoms with Crippen LogP contribution in [0.3, 0.4) is 0 Å². The molecule has 1 nitrogen and oxygen atoms in total. The number of rotatable bonds is 0. The van der Waals surface area contributed by atoms with E-state index in [0.717, 1.165) is 12.3 Å². The first kappa shape index (κ1) is 5.62. The molecule has 1 unspecified atom stereocenters. The van der Waals surface area contributed by atoms with Gasteiger partial charge < -0.3 is 0 Å². The molecule has 0 saturated heterocycles. The SMILES string of the molecule is CC1CCC[C]1C#N. The fourth-order valence-corrected chi connectivity index (χ4v) is 1.19. The van der Waals surface area contributed by atoms with Crippen LogP contribution in [0.5, 0.6) is 0 Å². The zero-order valence-corrected chi connectivity index (χ0v) is 5.15. The number of hydrogen-bond donors (Lipinski definition) is 0. The number of hydrogen-bond acceptors (Lipinski definition) is 1. The third kappa shape index (κ3) is 0.838. The summed E-state index contributed by atoms with van der Waals surface area (Å²) >= 11 is 0. The van der Waals surface area contributed by atoms with Gasteiger partial charge >= 0.3 is 0 Å². The van der Waals surface area contributed by atoms with Crippen LogP contribution < -0.4 is 0 Å². The van der Waals surface area contributed by atoms with Gasteiger partial charge in [0.1, 0.15) is 0 Å². The maximum absolute atomic E-state index is 8.45. The van der Waals surface area contributed by atoms with E-state index in [0.29, 0.717) is 5.92 Å². The van der Waals surface area contributed by atoms with Crippen molar-refractivity contribution in [2.24, 2.45) is 5.92 Å². The average Bonchev–Trinajstić information content (AvgIpc) is 2.14. The lowest BCUT2D eigenvalue weighted by Crippen LogP contribution is -1.95. The summed E-state index contributed by atoms with van der Waals surface area (Å²) in [6, 6.07) is 2.23. The van der Waals surface area contributed by atoms with Crippen LogP contribution in [-0.4, -0.2) is 0 Å². The highest BCUT2D eigenvalue weighted by Gasteiger charge is 2.22. The van der Waals surface area contributed by atoms with Crippen molar-refractivity contribution in [3.05, 3.63) is 5.92 Å². The summed E-state index contributed by atoms with van der Waals surface area (Å²) in [5.74, 6) is 1.69. The van der Waals surface area contributed by atoms with Crippen molar-refractivity contribution in [2.75, 3.05) is 0 Å². The van der Waals surface area contributed by atoms with Crippen molar-refractivity contribution in [1.29, 1.82) is 5.26 Å². The quantitative estimate of drug-likeness (QED) is 0.465. The van der Waals surface area contributed by atoms with Crippen LogP contribution in [0.1, 0.15) is 26.2 Å². The Morgan fingerprint density at radius 3 is 2.75 bits per heavy atom. The van der Waals surface area contributed by atoms with Gasteiger partial charge in [-0.3, -0.25) is 0 Å². The van der Waals surface area contributed by atoms with Gasteiger partial charge in [-0.25, -0.2) is 0 Å². The largest absolute Gasteiger partial charge is 0.198 e. The van der Waals surface area contributed by atoms with Crippen LogP contribution in [0, 0.1) is 23.2 Å². The van der Waals surface area contributed by atoms with Crippen LogP contribution >= 0.6 is 0 Å². The summed E-state index contributed by atoms with van der Waals surface area (Å²) in [6.45, 7) is 2.13. The van der Waals surface area contributed by atoms with Crippen LogP contribution in [0.15, 0.2) is 0 Å². The fourth-order valence-electron chi connectivity index (χ4n) is 1.19. The minimum Gasteiger partial charge on any atom is -0.198 e. The van der Waals surface area contributed by atoms with E-state index >= 15 is 0 Å². The Labute approximate surface area is 50.3 Å². The first-order chi connectivity index (χ1) is 3.84. The normalized spacial score (nSPS) is 30.2. The lowest BCUT2D eigenvalue weighted by Gasteiger charge is -2.00. The molecule has 0 N–H and O–H groups in total. The summed E-state index contributed by atoms with van der Waals surface area (Å²) in [5.41, 5.74) is 0. The van der Waals surface area contributed by atoms with Gasteiger partial charge in [0, 0.05) is 0 Å². The molecule has 0 heterocycles. The summed E-state index contributed by atoms with van der Waals surface area (Å²) in [4.78, 5) is 0. The average molecular weight is 108 g/mol. The zero-order valence-electron chi connectivity index (χ0n) is 5.15. The standard InChI is InChI=1S/C7H10N/c1-6-3-2-4-7(6)5-8/h6H,2-4H2,1H3. The smallest absolute Gasteiger partial charge is 0.0787 e. The first-order valence-electron chi connectivity index (χ1n) is 3.10. The molecule has 0 aliphatic heterocycles. The zero-order chi connectivity index (χ0) is 5.98. The van der Waals surface area contributed by atoms with Crippen molar-refractivity contribution in [2.45, 2.75) is 26.2 Å². The van der Waals surface area contributed by atoms with E-state index < -0.39 is 0 Å². The topological polar surface area (TPSA) is 23.8 Å². The Kier molecular flexibility index (Phi) is 1.53. The molecule has 8 heavy (non-hydrogen) atoms. The molecule has 1 saturated carbocycles. The molecular formula is C7H10N. The lowest BCUT2D eigenvalue weighted by atomic mass is 10.0. The van der Waals surface area contributed by atoms with E-state index in [-0.39, 0.29) is 0 Å². The summed E-state index contributed by atoms with van der Waals surface area (Å²) in [6.07, 6.45) is 3.50. The minimum absolute atomic E-state index is 0.583. The second-order valence-electron chi connectivity index (χ2n) is 2.43. The highest BCUT2D eigenvalue weighted by Crippen LogP contribution is 2.31. The van der Waals surface area contributed by atoms with Crippen LogP contribution in [-0.2, 0) is 0 Å². The molecule has 0 aromatic rings. The molecule has 43 valence electrons. The van der Waals surface area contributed by atoms with E-state index in [4.69, 9.17) is 5.26 Å². The van der Waals surface area contributed by atoms with Crippen LogP contribution in [0.4, 0.5) is 0 Å². The van der Waals surface area contributed by atoms with Gasteiger partial charge in [-0.2, -0.15) is 5.26 Å². The molecule has 1 fully saturated rings. The molecule has 0 aromatic heterocycles. The number of nitrogens with zero attached hydrogens (tertiary/aromatic N) is 1. The monoisotopic (exact) mass is 108 g/mol. The molecule has 0 amide bonds. The van der Waals surface area contributed by atoms with Crippen LogP contribution in [0.2, 0.25) is 0 Å². The summed E-state index contributed by atoms with van der Waals surface area (Å²) < 4.78 is 0. The molecule has 0 aromatic carbocycles. The molecule has 1 radical (unpaired) electrons. The second-order valence-corrected chi connectivity index (χ2v) is 2.43. The van der Waals surface area contributed by atoms with Gasteiger partial charge in [0.05, 0.1) is 12.0 Å². The molecule has 1 aliphatic carbocycles. The fraction of sp³-hybridized carbons (Fsp3) is 0.714. The third-order valence-corrected chi connectivity index (χ3v) is 1.82. The Morgan fingerprint density at radius 2 is 2.50 bits per heavy atom. The maximum Gasteiger partial charge on any atom is 0.0787 e. The predicted molar refractivity (Wildman–Crippen MR) is 31.9 cm³/mol. The molecular weight excluding hydrogens is 98.1 g/mol. The van der Waals surface area contributed by atoms with Crippen molar-refractivity contribution >= 4 is 0 Å². The third-order valence-electron chi connectivity index (χ3n) is 1.82. The summed E-state index contributed by atoms with van der Waals surface area (Å²) in [5, 5.41) is 8.45. The molecule has 1 atom stereocenters. The van der Waals surface area contributed by atoms with Crippen molar-refractivity contribution in [3.8, 4) is 6.07 Å². The Morgan fingerprint density at radius 1 is 1.75 bits per heavy atom. The molecule has 0 bridgehead atoms. The van der Waals surface area contributed by atoms with Gasteiger partial charge in [0.15, 0.2) is 0 Å². The van der Waals surface area contributed by atoms with Gasteiger partial charge in [-0.1, -0.05) is 13.3 Å². The van der Waals surface area contributed by atoms with Crippen molar-refractivity contribution in [3.63, 3.8) is 0 Å². The van der Waals surface area contributed by atoms with E-state index in [1.165, 1.54) is 12.8 Å². The first-order valence-corrected chi connectivity index (χ1v) is 3.10. The number of nitriles is 1. The van der Waals surface area contributed by atoms with Gasteiger partial charge in [-0.05, 0) is 18.8 Å². The predicted octanol–water partition coefficient (Wildman–Crippen LogP) is 1.90. The van der Waals surface area contributed by atoms with E-state index in [1.807, 2.05) is 0 Å². The Bertz CT molecular complexity index is 112. The molecule has 0 spiro atoms.